The summed E-state index contributed by atoms with van der Waals surface area (Å²) in [5, 5.41) is 0. The van der Waals surface area contributed by atoms with Crippen molar-refractivity contribution in [2.45, 2.75) is 65.2 Å². The fourth-order valence-electron chi connectivity index (χ4n) is 6.75. The predicted molar refractivity (Wildman–Crippen MR) is 113 cm³/mol. The third-order valence-corrected chi connectivity index (χ3v) is 8.21. The maximum atomic E-state index is 17.4. The van der Waals surface area contributed by atoms with Gasteiger partial charge in [-0.05, 0) is 50.7 Å². The third kappa shape index (κ3) is 3.11. The quantitative estimate of drug-likeness (QED) is 0.616. The molecule has 0 bridgehead atoms. The number of esters is 2. The molecule has 0 heterocycles. The molecule has 0 spiro atoms. The summed E-state index contributed by atoms with van der Waals surface area (Å²) in [6, 6.07) is 0. The Hall–Kier alpha value is -2.57. The first-order valence-corrected chi connectivity index (χ1v) is 11.1. The maximum absolute atomic E-state index is 17.4. The fourth-order valence-corrected chi connectivity index (χ4v) is 6.75. The molecule has 2 fully saturated rings. The average molecular weight is 444 g/mol. The number of carbonyl (C=O) groups excluding carboxylic acids is 4. The van der Waals surface area contributed by atoms with Crippen molar-refractivity contribution in [1.82, 2.24) is 0 Å². The molecule has 0 aromatic rings. The van der Waals surface area contributed by atoms with Gasteiger partial charge in [0.1, 0.15) is 6.10 Å². The molecule has 0 unspecified atom stereocenters. The number of ether oxygens (including phenoxy) is 2. The van der Waals surface area contributed by atoms with Gasteiger partial charge in [-0.15, -0.1) is 0 Å². The minimum absolute atomic E-state index is 0.145. The molecule has 32 heavy (non-hydrogen) atoms. The van der Waals surface area contributed by atoms with Crippen LogP contribution in [0.2, 0.25) is 0 Å². The van der Waals surface area contributed by atoms with Crippen LogP contribution in [0.15, 0.2) is 35.5 Å². The van der Waals surface area contributed by atoms with Gasteiger partial charge in [-0.25, -0.2) is 4.39 Å². The van der Waals surface area contributed by atoms with Gasteiger partial charge in [-0.2, -0.15) is 0 Å². The number of hydrogen-bond acceptors (Lipinski definition) is 6. The predicted octanol–water partition coefficient (Wildman–Crippen LogP) is 3.60. The minimum Gasteiger partial charge on any atom is -0.459 e. The molecule has 0 N–H and O–H groups in total. The smallest absolute Gasteiger partial charge is 0.303 e. The van der Waals surface area contributed by atoms with Crippen molar-refractivity contribution in [1.29, 1.82) is 0 Å². The zero-order valence-electron chi connectivity index (χ0n) is 18.9. The lowest BCUT2D eigenvalue weighted by molar-refractivity contribution is -0.206. The molecule has 0 aliphatic heterocycles. The highest BCUT2D eigenvalue weighted by Crippen LogP contribution is 2.68. The van der Waals surface area contributed by atoms with E-state index in [1.807, 2.05) is 13.0 Å². The summed E-state index contributed by atoms with van der Waals surface area (Å²) < 4.78 is 28.0. The highest BCUT2D eigenvalue weighted by molar-refractivity contribution is 6.01. The Morgan fingerprint density at radius 1 is 1.16 bits per heavy atom. The Kier molecular flexibility index (Phi) is 5.30. The summed E-state index contributed by atoms with van der Waals surface area (Å²) in [6.45, 7) is 5.84. The lowest BCUT2D eigenvalue weighted by Crippen LogP contribution is -2.67. The van der Waals surface area contributed by atoms with Crippen LogP contribution in [0.1, 0.15) is 53.4 Å². The highest BCUT2D eigenvalue weighted by atomic mass is 19.1. The van der Waals surface area contributed by atoms with Crippen molar-refractivity contribution < 1.29 is 33.0 Å². The lowest BCUT2D eigenvalue weighted by atomic mass is 9.45. The average Bonchev–Trinajstić information content (AvgIpc) is 3.04. The summed E-state index contributed by atoms with van der Waals surface area (Å²) in [6.07, 6.45) is 7.03. The normalized spacial score (nSPS) is 39.8. The van der Waals surface area contributed by atoms with Gasteiger partial charge in [0.05, 0.1) is 0 Å². The van der Waals surface area contributed by atoms with Crippen LogP contribution in [0.3, 0.4) is 0 Å². The molecular weight excluding hydrogens is 415 g/mol. The second-order valence-corrected chi connectivity index (χ2v) is 9.90. The number of Topliss-reactive ketones (excluding diaryl/α,β-unsaturated/α-hetero) is 1. The van der Waals surface area contributed by atoms with Gasteiger partial charge in [-0.1, -0.05) is 24.6 Å². The summed E-state index contributed by atoms with van der Waals surface area (Å²) in [5.41, 5.74) is -2.45. The fraction of sp³-hybridized carbons (Fsp3) is 0.600. The number of halogens is 1. The Morgan fingerprint density at radius 2 is 1.88 bits per heavy atom. The molecule has 6 atom stereocenters. The monoisotopic (exact) mass is 444 g/mol. The molecule has 4 rings (SSSR count). The van der Waals surface area contributed by atoms with Crippen molar-refractivity contribution in [3.63, 3.8) is 0 Å². The van der Waals surface area contributed by atoms with E-state index < -0.39 is 40.5 Å². The van der Waals surface area contributed by atoms with E-state index in [1.165, 1.54) is 26.0 Å². The number of ketones is 2. The molecule has 2 saturated carbocycles. The number of fused-ring (bicyclic) bond motifs is 5. The molecule has 7 heteroatoms. The summed E-state index contributed by atoms with van der Waals surface area (Å²) in [7, 11) is 0. The molecule has 4 aliphatic rings. The van der Waals surface area contributed by atoms with Gasteiger partial charge in [0.15, 0.2) is 23.8 Å². The van der Waals surface area contributed by atoms with Gasteiger partial charge in [0, 0.05) is 36.2 Å². The van der Waals surface area contributed by atoms with Gasteiger partial charge in [0.2, 0.25) is 0 Å². The van der Waals surface area contributed by atoms with Crippen molar-refractivity contribution >= 4 is 23.5 Å². The molecule has 0 aromatic carbocycles. The van der Waals surface area contributed by atoms with Gasteiger partial charge in [-0.3, -0.25) is 19.2 Å². The number of allylic oxidation sites excluding steroid dienone is 5. The van der Waals surface area contributed by atoms with Crippen LogP contribution in [0.5, 0.6) is 0 Å². The van der Waals surface area contributed by atoms with E-state index in [-0.39, 0.29) is 30.5 Å². The van der Waals surface area contributed by atoms with Crippen LogP contribution in [0.4, 0.5) is 4.39 Å². The zero-order valence-corrected chi connectivity index (χ0v) is 18.9. The SMILES string of the molecule is CC(=O)OCC(=O)C1=CC[C@@H]2[C@H]3CCC4=CC(=O)C=C[C@]4(C)[C@@]3(F)[C@@H](OC(C)=O)C[C@]12C. The highest BCUT2D eigenvalue weighted by Gasteiger charge is 2.71. The molecule has 0 saturated heterocycles. The molecule has 172 valence electrons. The number of rotatable bonds is 4. The van der Waals surface area contributed by atoms with Gasteiger partial charge in [0.25, 0.3) is 0 Å². The Bertz CT molecular complexity index is 992. The van der Waals surface area contributed by atoms with E-state index in [2.05, 4.69) is 0 Å². The van der Waals surface area contributed by atoms with Gasteiger partial charge >= 0.3 is 11.9 Å². The van der Waals surface area contributed by atoms with Crippen LogP contribution in [-0.4, -0.2) is 41.9 Å². The zero-order chi connectivity index (χ0) is 23.5. The van der Waals surface area contributed by atoms with Crippen molar-refractivity contribution in [3.05, 3.63) is 35.5 Å². The first-order valence-electron chi connectivity index (χ1n) is 11.1. The minimum atomic E-state index is -1.91. The molecular formula is C25H29FO6. The number of carbonyl (C=O) groups is 4. The van der Waals surface area contributed by atoms with E-state index in [4.69, 9.17) is 9.47 Å². The van der Waals surface area contributed by atoms with Crippen molar-refractivity contribution in [2.75, 3.05) is 6.61 Å². The summed E-state index contributed by atoms with van der Waals surface area (Å²) >= 11 is 0. The first-order chi connectivity index (χ1) is 14.9. The lowest BCUT2D eigenvalue weighted by Gasteiger charge is -2.62. The summed E-state index contributed by atoms with van der Waals surface area (Å²) in [4.78, 5) is 48.1. The van der Waals surface area contributed by atoms with Crippen LogP contribution in [-0.2, 0) is 28.7 Å². The van der Waals surface area contributed by atoms with Crippen LogP contribution < -0.4 is 0 Å². The molecule has 0 radical (unpaired) electrons. The second kappa shape index (κ2) is 7.49. The first kappa shape index (κ1) is 22.6. The van der Waals surface area contributed by atoms with Crippen LogP contribution >= 0.6 is 0 Å². The Balaban J connectivity index is 1.76. The maximum Gasteiger partial charge on any atom is 0.303 e. The molecule has 4 aliphatic carbocycles. The topological polar surface area (TPSA) is 86.7 Å². The van der Waals surface area contributed by atoms with Crippen LogP contribution in [0.25, 0.3) is 0 Å². The standard InChI is InChI=1S/C25H29FO6/c1-14(27)31-13-21(30)20-8-7-18-19-6-5-16-11-17(29)9-10-24(16,4)25(19,26)22(32-15(2)28)12-23(18,20)3/h8-11,18-19,22H,5-7,12-13H2,1-4H3/t18-,19-,22+,23+,24+,25+/m1/s1. The van der Waals surface area contributed by atoms with Crippen LogP contribution in [0, 0.1) is 22.7 Å². The van der Waals surface area contributed by atoms with E-state index in [0.717, 1.165) is 5.57 Å². The van der Waals surface area contributed by atoms with E-state index in [1.54, 1.807) is 13.0 Å². The van der Waals surface area contributed by atoms with E-state index in [0.29, 0.717) is 24.8 Å². The largest absolute Gasteiger partial charge is 0.459 e. The van der Waals surface area contributed by atoms with Crippen molar-refractivity contribution in [2.24, 2.45) is 22.7 Å². The molecule has 6 nitrogen and oxygen atoms in total. The molecule has 0 amide bonds. The number of hydrogen-bond donors (Lipinski definition) is 0. The molecule has 0 aromatic heterocycles. The summed E-state index contributed by atoms with van der Waals surface area (Å²) in [5.74, 6) is -2.23. The Labute approximate surface area is 186 Å². The third-order valence-electron chi connectivity index (χ3n) is 8.21. The van der Waals surface area contributed by atoms with Crippen molar-refractivity contribution in [3.8, 4) is 0 Å². The van der Waals surface area contributed by atoms with E-state index >= 15 is 4.39 Å². The Morgan fingerprint density at radius 3 is 2.53 bits per heavy atom. The van der Waals surface area contributed by atoms with E-state index in [9.17, 15) is 19.2 Å². The van der Waals surface area contributed by atoms with Gasteiger partial charge < -0.3 is 9.47 Å². The number of alkyl halides is 1. The second-order valence-electron chi connectivity index (χ2n) is 9.90.